The fourth-order valence-corrected chi connectivity index (χ4v) is 4.05. The minimum Gasteiger partial charge on any atom is -0.452 e. The molecule has 0 spiro atoms. The summed E-state index contributed by atoms with van der Waals surface area (Å²) in [5.41, 5.74) is -0.0372. The van der Waals surface area contributed by atoms with Gasteiger partial charge < -0.3 is 19.3 Å². The zero-order valence-electron chi connectivity index (χ0n) is 18.0. The van der Waals surface area contributed by atoms with Gasteiger partial charge in [0, 0.05) is 0 Å². The molecule has 0 saturated carbocycles. The van der Waals surface area contributed by atoms with E-state index in [1.54, 1.807) is 12.1 Å². The van der Waals surface area contributed by atoms with Gasteiger partial charge in [0.25, 0.3) is 0 Å². The van der Waals surface area contributed by atoms with E-state index in [-0.39, 0.29) is 11.1 Å². The number of carbonyl (C=O) groups excluding carboxylic acids is 2. The van der Waals surface area contributed by atoms with Crippen molar-refractivity contribution in [3.8, 4) is 0 Å². The van der Waals surface area contributed by atoms with E-state index in [1.165, 1.54) is 48.5 Å². The van der Waals surface area contributed by atoms with E-state index in [2.05, 4.69) is 8.37 Å². The van der Waals surface area contributed by atoms with Gasteiger partial charge in [-0.3, -0.25) is 9.11 Å². The molecule has 5 unspecified atom stereocenters. The van der Waals surface area contributed by atoms with E-state index in [4.69, 9.17) is 18.8 Å². The molecule has 16 heteroatoms. The van der Waals surface area contributed by atoms with Crippen LogP contribution in [0.2, 0.25) is 0 Å². The summed E-state index contributed by atoms with van der Waals surface area (Å²) in [7, 11) is -10.4. The fraction of sp³-hybridized carbons (Fsp3) is 0.300. The molecule has 14 nitrogen and oxygen atoms in total. The van der Waals surface area contributed by atoms with Crippen molar-refractivity contribution in [3.63, 3.8) is 0 Å². The van der Waals surface area contributed by atoms with E-state index in [9.17, 15) is 36.1 Å². The van der Waals surface area contributed by atoms with Crippen molar-refractivity contribution >= 4 is 32.7 Å². The number of hydrogen-bond donors (Lipinski definition) is 3. The first-order chi connectivity index (χ1) is 16.8. The highest BCUT2D eigenvalue weighted by Crippen LogP contribution is 2.30. The lowest BCUT2D eigenvalue weighted by molar-refractivity contribution is -0.279. The van der Waals surface area contributed by atoms with E-state index in [0.29, 0.717) is 0 Å². The smallest absolute Gasteiger partial charge is 0.397 e. The van der Waals surface area contributed by atoms with Gasteiger partial charge in [0.15, 0.2) is 18.5 Å². The summed E-state index contributed by atoms with van der Waals surface area (Å²) < 4.78 is 87.5. The maximum absolute atomic E-state index is 12.7. The Hall–Kier alpha value is -2.96. The molecule has 1 aliphatic rings. The van der Waals surface area contributed by atoms with Crippen LogP contribution in [-0.4, -0.2) is 80.3 Å². The van der Waals surface area contributed by atoms with Gasteiger partial charge in [-0.1, -0.05) is 36.4 Å². The zero-order valence-corrected chi connectivity index (χ0v) is 19.6. The number of rotatable bonds is 9. The number of carbonyl (C=O) groups is 2. The van der Waals surface area contributed by atoms with Crippen molar-refractivity contribution in [3.05, 3.63) is 71.8 Å². The molecule has 0 amide bonds. The number of aliphatic hydroxyl groups excluding tert-OH is 1. The minimum absolute atomic E-state index is 0.00177. The van der Waals surface area contributed by atoms with Crippen molar-refractivity contribution in [1.29, 1.82) is 0 Å². The van der Waals surface area contributed by atoms with Crippen LogP contribution >= 0.6 is 0 Å². The van der Waals surface area contributed by atoms with Crippen LogP contribution in [0.3, 0.4) is 0 Å². The van der Waals surface area contributed by atoms with E-state index >= 15 is 0 Å². The summed E-state index contributed by atoms with van der Waals surface area (Å²) in [5, 5.41) is 10.5. The maximum atomic E-state index is 12.7. The molecule has 196 valence electrons. The molecule has 2 aromatic carbocycles. The third-order valence-corrected chi connectivity index (χ3v) is 5.63. The van der Waals surface area contributed by atoms with Crippen LogP contribution in [-0.2, 0) is 43.4 Å². The number of ether oxygens (including phenoxy) is 3. The van der Waals surface area contributed by atoms with Crippen molar-refractivity contribution in [2.24, 2.45) is 0 Å². The Morgan fingerprint density at radius 1 is 0.750 bits per heavy atom. The molecule has 2 aromatic rings. The molecule has 1 saturated heterocycles. The lowest BCUT2D eigenvalue weighted by Gasteiger charge is -2.42. The van der Waals surface area contributed by atoms with Crippen LogP contribution in [0.25, 0.3) is 0 Å². The van der Waals surface area contributed by atoms with Gasteiger partial charge in [0.05, 0.1) is 17.7 Å². The predicted octanol–water partition coefficient (Wildman–Crippen LogP) is 0.162. The number of aliphatic hydroxyl groups is 1. The third kappa shape index (κ3) is 7.77. The highest BCUT2D eigenvalue weighted by Gasteiger charge is 2.52. The van der Waals surface area contributed by atoms with Gasteiger partial charge in [-0.25, -0.2) is 18.0 Å². The summed E-state index contributed by atoms with van der Waals surface area (Å²) in [5.74, 6) is -2.13. The average Bonchev–Trinajstić information content (AvgIpc) is 2.81. The monoisotopic (exact) mass is 548 g/mol. The lowest BCUT2D eigenvalue weighted by Crippen LogP contribution is -2.62. The molecule has 36 heavy (non-hydrogen) atoms. The second-order valence-electron chi connectivity index (χ2n) is 7.24. The molecule has 1 aliphatic heterocycles. The van der Waals surface area contributed by atoms with Crippen molar-refractivity contribution in [2.75, 3.05) is 6.61 Å². The third-order valence-electron chi connectivity index (χ3n) is 4.73. The molecule has 3 N–H and O–H groups in total. The first-order valence-corrected chi connectivity index (χ1v) is 12.7. The van der Waals surface area contributed by atoms with Gasteiger partial charge in [0.2, 0.25) is 0 Å². The SMILES string of the molecule is O=C(OC1C(O)OC(COS(=O)(=O)O)C(OS(=O)(=O)O)C1OC(=O)c1ccccc1)c1ccccc1. The Labute approximate surface area is 205 Å². The molecule has 1 fully saturated rings. The Morgan fingerprint density at radius 3 is 1.67 bits per heavy atom. The molecule has 0 aromatic heterocycles. The normalized spacial score (nSPS) is 24.6. The quantitative estimate of drug-likeness (QED) is 0.282. The van der Waals surface area contributed by atoms with Crippen molar-refractivity contribution < 1.29 is 63.2 Å². The molecule has 0 aliphatic carbocycles. The van der Waals surface area contributed by atoms with Crippen molar-refractivity contribution in [1.82, 2.24) is 0 Å². The molecule has 0 bridgehead atoms. The highest BCUT2D eigenvalue weighted by molar-refractivity contribution is 7.81. The minimum atomic E-state index is -5.33. The molecule has 1 heterocycles. The second kappa shape index (κ2) is 11.4. The standard InChI is InChI=1S/C20H20O14S2/c21-18(12-7-3-1-4-8-12)32-16-15(34-36(27,28)29)14(11-30-35(24,25)26)31-20(23)17(16)33-19(22)13-9-5-2-6-10-13/h1-10,14-17,20,23H,11H2,(H,24,25,26)(H,27,28,29). The second-order valence-corrected chi connectivity index (χ2v) is 9.38. The molecular formula is C20H20O14S2. The summed E-state index contributed by atoms with van der Waals surface area (Å²) in [6.45, 7) is -1.16. The van der Waals surface area contributed by atoms with Gasteiger partial charge in [-0.2, -0.15) is 16.8 Å². The van der Waals surface area contributed by atoms with Gasteiger partial charge in [-0.05, 0) is 24.3 Å². The Kier molecular flexibility index (Phi) is 8.75. The van der Waals surface area contributed by atoms with Crippen LogP contribution in [0.15, 0.2) is 60.7 Å². The van der Waals surface area contributed by atoms with Crippen LogP contribution in [0.1, 0.15) is 20.7 Å². The maximum Gasteiger partial charge on any atom is 0.397 e. The summed E-state index contributed by atoms with van der Waals surface area (Å²) in [6, 6.07) is 14.6. The average molecular weight is 549 g/mol. The Balaban J connectivity index is 1.99. The summed E-state index contributed by atoms with van der Waals surface area (Å²) in [4.78, 5) is 25.4. The molecule has 3 rings (SSSR count). The van der Waals surface area contributed by atoms with Crippen molar-refractivity contribution in [2.45, 2.75) is 30.7 Å². The van der Waals surface area contributed by atoms with Crippen LogP contribution in [0, 0.1) is 0 Å². The number of benzene rings is 2. The van der Waals surface area contributed by atoms with Gasteiger partial charge >= 0.3 is 32.7 Å². The molecule has 5 atom stereocenters. The van der Waals surface area contributed by atoms with Crippen LogP contribution in [0.4, 0.5) is 0 Å². The largest absolute Gasteiger partial charge is 0.452 e. The first-order valence-electron chi connectivity index (χ1n) is 9.97. The fourth-order valence-electron chi connectivity index (χ4n) is 3.23. The van der Waals surface area contributed by atoms with Gasteiger partial charge in [-0.15, -0.1) is 0 Å². The highest BCUT2D eigenvalue weighted by atomic mass is 32.3. The van der Waals surface area contributed by atoms with Crippen LogP contribution in [0.5, 0.6) is 0 Å². The van der Waals surface area contributed by atoms with Crippen LogP contribution < -0.4 is 0 Å². The Morgan fingerprint density at radius 2 is 1.22 bits per heavy atom. The summed E-state index contributed by atoms with van der Waals surface area (Å²) >= 11 is 0. The Bertz CT molecular complexity index is 1260. The van der Waals surface area contributed by atoms with Gasteiger partial charge in [0.1, 0.15) is 12.2 Å². The number of hydrogen-bond acceptors (Lipinski definition) is 12. The van der Waals surface area contributed by atoms with E-state index < -0.39 is 70.0 Å². The molecular weight excluding hydrogens is 528 g/mol. The summed E-state index contributed by atoms with van der Waals surface area (Å²) in [6.07, 6.45) is -10.1. The first kappa shape index (κ1) is 27.6. The topological polar surface area (TPSA) is 209 Å². The molecule has 0 radical (unpaired) electrons. The number of esters is 2. The zero-order chi connectivity index (χ0) is 26.5. The van der Waals surface area contributed by atoms with E-state index in [0.717, 1.165) is 0 Å². The lowest BCUT2D eigenvalue weighted by atomic mass is 9.98. The predicted molar refractivity (Wildman–Crippen MR) is 116 cm³/mol. The van der Waals surface area contributed by atoms with E-state index in [1.807, 2.05) is 0 Å².